The number of carbonyl (C=O) groups is 3. The molecule has 1 fully saturated rings. The molecule has 1 aliphatic heterocycles. The summed E-state index contributed by atoms with van der Waals surface area (Å²) >= 11 is 0.649. The molecule has 196 valence electrons. The molecular weight excluding hydrogens is 529 g/mol. The highest BCUT2D eigenvalue weighted by Crippen LogP contribution is 2.32. The number of benzene rings is 4. The van der Waals surface area contributed by atoms with Gasteiger partial charge in [0.2, 0.25) is 5.91 Å². The van der Waals surface area contributed by atoms with Crippen molar-refractivity contribution in [3.05, 3.63) is 112 Å². The number of imide groups is 1. The van der Waals surface area contributed by atoms with Gasteiger partial charge in [-0.3, -0.25) is 19.3 Å². The molecular formula is C29H19F3N2O4S. The van der Waals surface area contributed by atoms with Gasteiger partial charge in [-0.2, -0.15) is 0 Å². The van der Waals surface area contributed by atoms with Gasteiger partial charge in [-0.1, -0.05) is 54.6 Å². The lowest BCUT2D eigenvalue weighted by Crippen LogP contribution is -2.36. The molecule has 6 nitrogen and oxygen atoms in total. The third-order valence-corrected chi connectivity index (χ3v) is 6.84. The van der Waals surface area contributed by atoms with Gasteiger partial charge in [0.1, 0.15) is 18.9 Å². The fourth-order valence-corrected chi connectivity index (χ4v) is 4.82. The van der Waals surface area contributed by atoms with Gasteiger partial charge in [-0.15, -0.1) is 0 Å². The molecule has 3 amide bonds. The van der Waals surface area contributed by atoms with E-state index < -0.39 is 46.7 Å². The van der Waals surface area contributed by atoms with E-state index in [2.05, 4.69) is 0 Å². The zero-order valence-electron chi connectivity index (χ0n) is 20.1. The van der Waals surface area contributed by atoms with Crippen molar-refractivity contribution in [3.8, 4) is 5.75 Å². The maximum Gasteiger partial charge on any atom is 0.294 e. The van der Waals surface area contributed by atoms with E-state index in [1.165, 1.54) is 6.08 Å². The number of hydrogen-bond acceptors (Lipinski definition) is 5. The second-order valence-electron chi connectivity index (χ2n) is 8.53. The summed E-state index contributed by atoms with van der Waals surface area (Å²) in [6.07, 6.45) is 1.51. The minimum Gasteiger partial charge on any atom is -0.489 e. The van der Waals surface area contributed by atoms with Gasteiger partial charge in [0.05, 0.1) is 10.6 Å². The number of ether oxygens (including phenoxy) is 1. The van der Waals surface area contributed by atoms with Crippen LogP contribution in [0.1, 0.15) is 11.1 Å². The summed E-state index contributed by atoms with van der Waals surface area (Å²) in [7, 11) is 0. The van der Waals surface area contributed by atoms with Gasteiger partial charge in [0, 0.05) is 0 Å². The number of rotatable bonds is 7. The average Bonchev–Trinajstić information content (AvgIpc) is 3.20. The highest BCUT2D eigenvalue weighted by atomic mass is 32.2. The SMILES string of the molecule is O=C(CN1C(=O)S/C(=C/c2ccc(OCc3cccc4ccccc34)cc2)C1=O)Nc1ccc(F)c(F)c1F. The maximum atomic E-state index is 13.8. The van der Waals surface area contributed by atoms with Crippen molar-refractivity contribution < 1.29 is 32.3 Å². The minimum atomic E-state index is -1.74. The normalized spacial score (nSPS) is 14.3. The Bertz CT molecular complexity index is 1630. The van der Waals surface area contributed by atoms with E-state index in [1.807, 2.05) is 47.8 Å². The van der Waals surface area contributed by atoms with Crippen LogP contribution in [0, 0.1) is 17.5 Å². The highest BCUT2D eigenvalue weighted by molar-refractivity contribution is 8.18. The predicted molar refractivity (Wildman–Crippen MR) is 142 cm³/mol. The molecule has 0 aromatic heterocycles. The second kappa shape index (κ2) is 11.0. The molecule has 1 aliphatic rings. The van der Waals surface area contributed by atoms with Gasteiger partial charge in [-0.25, -0.2) is 13.2 Å². The molecule has 4 aromatic carbocycles. The number of nitrogens with zero attached hydrogens (tertiary/aromatic N) is 1. The topological polar surface area (TPSA) is 75.7 Å². The van der Waals surface area contributed by atoms with Crippen LogP contribution >= 0.6 is 11.8 Å². The monoisotopic (exact) mass is 548 g/mol. The molecule has 4 aromatic rings. The average molecular weight is 549 g/mol. The Morgan fingerprint density at radius 2 is 1.64 bits per heavy atom. The molecule has 0 bridgehead atoms. The third kappa shape index (κ3) is 5.65. The number of hydrogen-bond donors (Lipinski definition) is 1. The van der Waals surface area contributed by atoms with Crippen molar-refractivity contribution >= 4 is 51.4 Å². The van der Waals surface area contributed by atoms with Gasteiger partial charge in [-0.05, 0) is 64.0 Å². The van der Waals surface area contributed by atoms with Crippen LogP contribution in [-0.4, -0.2) is 28.5 Å². The van der Waals surface area contributed by atoms with Gasteiger partial charge in [0.15, 0.2) is 17.5 Å². The van der Waals surface area contributed by atoms with Crippen LogP contribution in [0.5, 0.6) is 5.75 Å². The summed E-state index contributed by atoms with van der Waals surface area (Å²) in [6, 6.07) is 22.5. The standard InChI is InChI=1S/C29H19F3N2O4S/c30-22-12-13-23(27(32)26(22)31)33-25(35)15-34-28(36)24(39-29(34)37)14-17-8-10-20(11-9-17)38-16-19-6-3-5-18-4-1-2-7-21(18)19/h1-14H,15-16H2,(H,33,35)/b24-14+. The molecule has 1 N–H and O–H groups in total. The molecule has 39 heavy (non-hydrogen) atoms. The van der Waals surface area contributed by atoms with Gasteiger partial charge in [0.25, 0.3) is 11.1 Å². The number of thioether (sulfide) groups is 1. The lowest BCUT2D eigenvalue weighted by Gasteiger charge is -2.13. The van der Waals surface area contributed by atoms with Gasteiger partial charge >= 0.3 is 0 Å². The Labute approximate surface area is 225 Å². The summed E-state index contributed by atoms with van der Waals surface area (Å²) < 4.78 is 46.2. The smallest absolute Gasteiger partial charge is 0.294 e. The summed E-state index contributed by atoms with van der Waals surface area (Å²) in [4.78, 5) is 38.1. The van der Waals surface area contributed by atoms with Crippen molar-refractivity contribution in [1.29, 1.82) is 0 Å². The number of halogens is 3. The molecule has 5 rings (SSSR count). The van der Waals surface area contributed by atoms with Crippen molar-refractivity contribution in [3.63, 3.8) is 0 Å². The van der Waals surface area contributed by atoms with Crippen LogP contribution < -0.4 is 10.1 Å². The van der Waals surface area contributed by atoms with Crippen LogP contribution in [-0.2, 0) is 16.2 Å². The summed E-state index contributed by atoms with van der Waals surface area (Å²) in [5.74, 6) is -5.77. The van der Waals surface area contributed by atoms with E-state index in [1.54, 1.807) is 24.3 Å². The van der Waals surface area contributed by atoms with E-state index in [4.69, 9.17) is 4.74 Å². The van der Waals surface area contributed by atoms with Crippen LogP contribution in [0.15, 0.2) is 83.8 Å². The fourth-order valence-electron chi connectivity index (χ4n) is 3.98. The molecule has 0 radical (unpaired) electrons. The Morgan fingerprint density at radius 3 is 2.44 bits per heavy atom. The Kier molecular flexibility index (Phi) is 7.38. The van der Waals surface area contributed by atoms with Crippen LogP contribution in [0.2, 0.25) is 0 Å². The van der Waals surface area contributed by atoms with E-state index in [9.17, 15) is 27.6 Å². The number of anilines is 1. The maximum absolute atomic E-state index is 13.8. The van der Waals surface area contributed by atoms with Crippen molar-refractivity contribution in [2.75, 3.05) is 11.9 Å². The number of amides is 3. The first-order valence-corrected chi connectivity index (χ1v) is 12.5. The molecule has 1 heterocycles. The highest BCUT2D eigenvalue weighted by Gasteiger charge is 2.36. The van der Waals surface area contributed by atoms with Crippen LogP contribution in [0.4, 0.5) is 23.7 Å². The Morgan fingerprint density at radius 1 is 0.897 bits per heavy atom. The minimum absolute atomic E-state index is 0.0937. The van der Waals surface area contributed by atoms with Crippen LogP contribution in [0.25, 0.3) is 16.8 Å². The summed E-state index contributed by atoms with van der Waals surface area (Å²) in [5.41, 5.74) is 1.07. The second-order valence-corrected chi connectivity index (χ2v) is 9.53. The van der Waals surface area contributed by atoms with E-state index in [0.717, 1.165) is 22.4 Å². The number of nitrogens with one attached hydrogen (secondary N) is 1. The van der Waals surface area contributed by atoms with E-state index in [-0.39, 0.29) is 4.91 Å². The molecule has 0 aliphatic carbocycles. The predicted octanol–water partition coefficient (Wildman–Crippen LogP) is 6.51. The molecule has 1 saturated heterocycles. The van der Waals surface area contributed by atoms with Crippen LogP contribution in [0.3, 0.4) is 0 Å². The fraction of sp³-hybridized carbons (Fsp3) is 0.0690. The first-order chi connectivity index (χ1) is 18.8. The Balaban J connectivity index is 1.21. The molecule has 0 saturated carbocycles. The molecule has 0 spiro atoms. The Hall–Kier alpha value is -4.57. The molecule has 0 unspecified atom stereocenters. The molecule has 10 heteroatoms. The quantitative estimate of drug-likeness (QED) is 0.211. The van der Waals surface area contributed by atoms with Crippen molar-refractivity contribution in [1.82, 2.24) is 4.90 Å². The van der Waals surface area contributed by atoms with Crippen molar-refractivity contribution in [2.24, 2.45) is 0 Å². The number of fused-ring (bicyclic) bond motifs is 1. The van der Waals surface area contributed by atoms with Gasteiger partial charge < -0.3 is 10.1 Å². The zero-order valence-corrected chi connectivity index (χ0v) is 20.9. The third-order valence-electron chi connectivity index (χ3n) is 5.94. The largest absolute Gasteiger partial charge is 0.489 e. The van der Waals surface area contributed by atoms with E-state index >= 15 is 0 Å². The summed E-state index contributed by atoms with van der Waals surface area (Å²) in [5, 5.41) is 3.58. The zero-order chi connectivity index (χ0) is 27.5. The molecule has 0 atom stereocenters. The lowest BCUT2D eigenvalue weighted by atomic mass is 10.1. The first-order valence-electron chi connectivity index (χ1n) is 11.7. The van der Waals surface area contributed by atoms with E-state index in [0.29, 0.717) is 40.6 Å². The number of carbonyl (C=O) groups excluding carboxylic acids is 3. The lowest BCUT2D eigenvalue weighted by molar-refractivity contribution is -0.127. The van der Waals surface area contributed by atoms with Crippen molar-refractivity contribution in [2.45, 2.75) is 6.61 Å². The first kappa shape index (κ1) is 26.1. The summed E-state index contributed by atoms with van der Waals surface area (Å²) in [6.45, 7) is -0.350.